The van der Waals surface area contributed by atoms with E-state index in [1.165, 1.54) is 12.2 Å². The van der Waals surface area contributed by atoms with Gasteiger partial charge in [0.15, 0.2) is 0 Å². The van der Waals surface area contributed by atoms with Crippen molar-refractivity contribution >= 4 is 23.9 Å². The summed E-state index contributed by atoms with van der Waals surface area (Å²) in [5.74, 6) is 0.743. The van der Waals surface area contributed by atoms with Crippen LogP contribution in [0.3, 0.4) is 0 Å². The van der Waals surface area contributed by atoms with Crippen LogP contribution in [0.5, 0.6) is 11.5 Å². The Morgan fingerprint density at radius 1 is 0.634 bits per heavy atom. The number of carbonyl (C=O) groups is 4. The molecule has 8 heteroatoms. The maximum atomic E-state index is 13.2. The molecule has 1 aromatic carbocycles. The molecule has 3 saturated carbocycles. The Labute approximate surface area is 241 Å². The first-order chi connectivity index (χ1) is 19.9. The van der Waals surface area contributed by atoms with E-state index < -0.39 is 11.9 Å². The topological polar surface area (TPSA) is 105 Å². The number of benzene rings is 1. The molecule has 0 radical (unpaired) electrons. The summed E-state index contributed by atoms with van der Waals surface area (Å²) in [5.41, 5.74) is 2.08. The van der Waals surface area contributed by atoms with E-state index in [0.29, 0.717) is 62.2 Å². The Kier molecular flexibility index (Phi) is 9.25. The predicted molar refractivity (Wildman–Crippen MR) is 150 cm³/mol. The fourth-order valence-electron chi connectivity index (χ4n) is 7.15. The summed E-state index contributed by atoms with van der Waals surface area (Å²) in [7, 11) is 0. The molecule has 0 heterocycles. The molecule has 220 valence electrons. The zero-order valence-electron chi connectivity index (χ0n) is 23.6. The molecule has 2 atom stereocenters. The first-order valence-electron chi connectivity index (χ1n) is 15.0. The molecule has 4 aliphatic carbocycles. The molecule has 0 aromatic heterocycles. The van der Waals surface area contributed by atoms with Crippen molar-refractivity contribution in [2.75, 3.05) is 13.2 Å². The van der Waals surface area contributed by atoms with Crippen molar-refractivity contribution in [3.8, 4) is 11.5 Å². The Hall–Kier alpha value is -3.42. The van der Waals surface area contributed by atoms with E-state index in [-0.39, 0.29) is 35.6 Å². The van der Waals surface area contributed by atoms with E-state index in [9.17, 15) is 19.2 Å². The highest BCUT2D eigenvalue weighted by atomic mass is 16.5. The molecule has 0 saturated heterocycles. The van der Waals surface area contributed by atoms with Crippen LogP contribution in [0.25, 0.3) is 0 Å². The Balaban J connectivity index is 1.18. The third-order valence-corrected chi connectivity index (χ3v) is 9.49. The maximum Gasteiger partial charge on any atom is 0.330 e. The maximum absolute atomic E-state index is 13.2. The molecular formula is C33H40O8. The van der Waals surface area contributed by atoms with E-state index in [1.54, 1.807) is 12.1 Å². The normalized spacial score (nSPS) is 28.2. The van der Waals surface area contributed by atoms with Crippen LogP contribution < -0.4 is 9.47 Å². The van der Waals surface area contributed by atoms with Crippen molar-refractivity contribution < 1.29 is 38.1 Å². The van der Waals surface area contributed by atoms with Crippen molar-refractivity contribution in [1.29, 1.82) is 0 Å². The fourth-order valence-corrected chi connectivity index (χ4v) is 7.15. The minimum atomic E-state index is -0.417. The molecule has 3 fully saturated rings. The lowest BCUT2D eigenvalue weighted by Gasteiger charge is -2.28. The van der Waals surface area contributed by atoms with Crippen LogP contribution in [-0.2, 0) is 28.7 Å². The summed E-state index contributed by atoms with van der Waals surface area (Å²) >= 11 is 0. The van der Waals surface area contributed by atoms with Crippen LogP contribution in [0.4, 0.5) is 0 Å². The SMILES string of the molecule is C=CC(=O)OCC1CCC(C(=O)Oc2ccc(OC(=O)C3CCC(COC(=O)C=C)CC3)c3c2C2CCC3C2)CC1. The summed E-state index contributed by atoms with van der Waals surface area (Å²) in [6, 6.07) is 3.59. The van der Waals surface area contributed by atoms with Crippen molar-refractivity contribution in [3.63, 3.8) is 0 Å². The molecule has 4 aliphatic rings. The molecule has 2 unspecified atom stereocenters. The minimum absolute atomic E-state index is 0.177. The number of fused-ring (bicyclic) bond motifs is 5. The second-order valence-electron chi connectivity index (χ2n) is 12.0. The van der Waals surface area contributed by atoms with Crippen LogP contribution in [-0.4, -0.2) is 37.1 Å². The fraction of sp³-hybridized carbons (Fsp3) is 0.576. The van der Waals surface area contributed by atoms with Gasteiger partial charge in [-0.3, -0.25) is 9.59 Å². The molecule has 8 nitrogen and oxygen atoms in total. The molecule has 5 rings (SSSR count). The van der Waals surface area contributed by atoms with Gasteiger partial charge in [-0.1, -0.05) is 13.2 Å². The van der Waals surface area contributed by atoms with Gasteiger partial charge in [-0.15, -0.1) is 0 Å². The van der Waals surface area contributed by atoms with Crippen LogP contribution in [0, 0.1) is 23.7 Å². The number of ether oxygens (including phenoxy) is 4. The second kappa shape index (κ2) is 13.0. The summed E-state index contributed by atoms with van der Waals surface area (Å²) in [4.78, 5) is 49.0. The van der Waals surface area contributed by atoms with Gasteiger partial charge >= 0.3 is 23.9 Å². The first-order valence-corrected chi connectivity index (χ1v) is 15.0. The van der Waals surface area contributed by atoms with Crippen molar-refractivity contribution in [2.45, 2.75) is 82.5 Å². The lowest BCUT2D eigenvalue weighted by Crippen LogP contribution is -2.28. The van der Waals surface area contributed by atoms with Gasteiger partial charge < -0.3 is 18.9 Å². The minimum Gasteiger partial charge on any atom is -0.462 e. The van der Waals surface area contributed by atoms with Crippen molar-refractivity contribution in [3.05, 3.63) is 48.6 Å². The molecule has 0 N–H and O–H groups in total. The van der Waals surface area contributed by atoms with Crippen molar-refractivity contribution in [2.24, 2.45) is 23.7 Å². The quantitative estimate of drug-likeness (QED) is 0.196. The predicted octanol–water partition coefficient (Wildman–Crippen LogP) is 5.93. The van der Waals surface area contributed by atoms with Gasteiger partial charge in [0, 0.05) is 23.3 Å². The Morgan fingerprint density at radius 2 is 1.02 bits per heavy atom. The van der Waals surface area contributed by atoms with Crippen LogP contribution >= 0.6 is 0 Å². The van der Waals surface area contributed by atoms with Gasteiger partial charge in [0.1, 0.15) is 11.5 Å². The zero-order valence-corrected chi connectivity index (χ0v) is 23.6. The molecule has 2 bridgehead atoms. The molecule has 41 heavy (non-hydrogen) atoms. The lowest BCUT2D eigenvalue weighted by molar-refractivity contribution is -0.143. The van der Waals surface area contributed by atoms with Gasteiger partial charge in [0.25, 0.3) is 0 Å². The number of carbonyl (C=O) groups excluding carboxylic acids is 4. The molecule has 0 aliphatic heterocycles. The number of rotatable bonds is 10. The van der Waals surface area contributed by atoms with Crippen molar-refractivity contribution in [1.82, 2.24) is 0 Å². The van der Waals surface area contributed by atoms with Gasteiger partial charge in [0.2, 0.25) is 0 Å². The van der Waals surface area contributed by atoms with E-state index >= 15 is 0 Å². The zero-order chi connectivity index (χ0) is 28.9. The average Bonchev–Trinajstić information content (AvgIpc) is 3.63. The summed E-state index contributed by atoms with van der Waals surface area (Å²) in [6.45, 7) is 7.55. The number of hydrogen-bond donors (Lipinski definition) is 0. The van der Waals surface area contributed by atoms with Crippen LogP contribution in [0.15, 0.2) is 37.4 Å². The lowest BCUT2D eigenvalue weighted by atomic mass is 9.82. The van der Waals surface area contributed by atoms with E-state index in [0.717, 1.165) is 56.1 Å². The highest BCUT2D eigenvalue weighted by Crippen LogP contribution is 2.59. The second-order valence-corrected chi connectivity index (χ2v) is 12.0. The average molecular weight is 565 g/mol. The van der Waals surface area contributed by atoms with E-state index in [1.807, 2.05) is 0 Å². The molecule has 1 aromatic rings. The summed E-state index contributed by atoms with van der Waals surface area (Å²) in [6.07, 6.45) is 11.5. The van der Waals surface area contributed by atoms with Crippen LogP contribution in [0.2, 0.25) is 0 Å². The number of esters is 4. The number of hydrogen-bond acceptors (Lipinski definition) is 8. The third kappa shape index (κ3) is 6.74. The molecule has 0 spiro atoms. The summed E-state index contributed by atoms with van der Waals surface area (Å²) < 4.78 is 22.4. The first kappa shape index (κ1) is 29.1. The Morgan fingerprint density at radius 3 is 1.39 bits per heavy atom. The molecule has 0 amide bonds. The standard InChI is InChI=1S/C33H40O8/c1-3-28(34)38-18-20-5-9-22(10-6-20)32(36)40-26-15-16-27(31-25-14-13-24(17-25)30(26)31)41-33(37)23-11-7-21(8-12-23)19-39-29(35)4-2/h3-4,15-16,20-25H,1-2,5-14,17-19H2. The highest BCUT2D eigenvalue weighted by molar-refractivity contribution is 5.81. The Bertz CT molecular complexity index is 1090. The largest absolute Gasteiger partial charge is 0.462 e. The van der Waals surface area contributed by atoms with Crippen LogP contribution in [0.1, 0.15) is 93.6 Å². The van der Waals surface area contributed by atoms with Gasteiger partial charge in [-0.05, 0) is 106 Å². The van der Waals surface area contributed by atoms with E-state index in [4.69, 9.17) is 18.9 Å². The van der Waals surface area contributed by atoms with E-state index in [2.05, 4.69) is 13.2 Å². The van der Waals surface area contributed by atoms with Gasteiger partial charge in [-0.25, -0.2) is 9.59 Å². The third-order valence-electron chi connectivity index (χ3n) is 9.49. The monoisotopic (exact) mass is 564 g/mol. The summed E-state index contributed by atoms with van der Waals surface area (Å²) in [5, 5.41) is 0. The van der Waals surface area contributed by atoms with Gasteiger partial charge in [0.05, 0.1) is 25.0 Å². The van der Waals surface area contributed by atoms with Gasteiger partial charge in [-0.2, -0.15) is 0 Å². The smallest absolute Gasteiger partial charge is 0.330 e. The highest BCUT2D eigenvalue weighted by Gasteiger charge is 2.43. The molecular weight excluding hydrogens is 524 g/mol.